The van der Waals surface area contributed by atoms with Gasteiger partial charge in [0.05, 0.1) is 5.92 Å². The fourth-order valence-electron chi connectivity index (χ4n) is 5.52. The third-order valence-corrected chi connectivity index (χ3v) is 6.98. The summed E-state index contributed by atoms with van der Waals surface area (Å²) < 4.78 is 0. The third kappa shape index (κ3) is 2.16. The Morgan fingerprint density at radius 3 is 2.75 bits per heavy atom. The molecule has 3 aliphatic heterocycles. The first kappa shape index (κ1) is 17.9. The van der Waals surface area contributed by atoms with Crippen molar-refractivity contribution >= 4 is 34.8 Å². The highest BCUT2D eigenvalue weighted by Crippen LogP contribution is 2.58. The van der Waals surface area contributed by atoms with Gasteiger partial charge in [0.2, 0.25) is 0 Å². The minimum absolute atomic E-state index is 0.133. The zero-order valence-corrected chi connectivity index (χ0v) is 16.3. The molecule has 0 saturated carbocycles. The molecule has 6 nitrogen and oxygen atoms in total. The van der Waals surface area contributed by atoms with Crippen molar-refractivity contribution in [3.05, 3.63) is 73.8 Å². The molecule has 0 radical (unpaired) electrons. The molecule has 2 fully saturated rings. The van der Waals surface area contributed by atoms with Gasteiger partial charge in [0.1, 0.15) is 0 Å². The van der Waals surface area contributed by atoms with Crippen LogP contribution in [0.5, 0.6) is 0 Å². The summed E-state index contributed by atoms with van der Waals surface area (Å²) in [6, 6.07) is 11.1. The van der Waals surface area contributed by atoms with Crippen molar-refractivity contribution in [1.82, 2.24) is 4.90 Å². The van der Waals surface area contributed by atoms with Crippen molar-refractivity contribution < 1.29 is 9.72 Å². The van der Waals surface area contributed by atoms with Gasteiger partial charge >= 0.3 is 0 Å². The number of nitro groups is 1. The highest BCUT2D eigenvalue weighted by molar-refractivity contribution is 6.35. The highest BCUT2D eigenvalue weighted by Gasteiger charge is 2.73. The molecule has 8 heteroatoms. The monoisotopic (exact) mass is 417 g/mol. The van der Waals surface area contributed by atoms with Crippen LogP contribution < -0.4 is 5.32 Å². The molecule has 3 aliphatic rings. The van der Waals surface area contributed by atoms with Crippen LogP contribution in [-0.2, 0) is 10.3 Å². The van der Waals surface area contributed by atoms with Crippen LogP contribution in [0.3, 0.4) is 0 Å². The van der Waals surface area contributed by atoms with E-state index in [2.05, 4.69) is 5.32 Å². The zero-order valence-electron chi connectivity index (χ0n) is 14.8. The van der Waals surface area contributed by atoms with Crippen LogP contribution in [0.4, 0.5) is 5.69 Å². The summed E-state index contributed by atoms with van der Waals surface area (Å²) in [6.45, 7) is 0.637. The number of nitrogens with one attached hydrogen (secondary N) is 1. The first-order chi connectivity index (χ1) is 13.5. The first-order valence-electron chi connectivity index (χ1n) is 9.22. The molecule has 5 rings (SSSR count). The Bertz CT molecular complexity index is 1010. The lowest BCUT2D eigenvalue weighted by atomic mass is 9.77. The van der Waals surface area contributed by atoms with E-state index in [0.29, 0.717) is 33.4 Å². The van der Waals surface area contributed by atoms with Gasteiger partial charge in [0.25, 0.3) is 11.9 Å². The second-order valence-electron chi connectivity index (χ2n) is 7.59. The van der Waals surface area contributed by atoms with Gasteiger partial charge in [0, 0.05) is 38.8 Å². The largest absolute Gasteiger partial charge is 0.324 e. The first-order valence-corrected chi connectivity index (χ1v) is 9.98. The maximum atomic E-state index is 13.3. The molecule has 0 bridgehead atoms. The average molecular weight is 418 g/mol. The summed E-state index contributed by atoms with van der Waals surface area (Å²) in [5, 5.41) is 16.2. The minimum Gasteiger partial charge on any atom is -0.324 e. The Hall–Kier alpha value is -2.15. The molecule has 0 aromatic heterocycles. The van der Waals surface area contributed by atoms with Crippen molar-refractivity contribution in [3.63, 3.8) is 0 Å². The summed E-state index contributed by atoms with van der Waals surface area (Å²) in [5.41, 5.74) is 0.683. The van der Waals surface area contributed by atoms with Gasteiger partial charge in [0.15, 0.2) is 5.54 Å². The number of benzene rings is 2. The lowest BCUT2D eigenvalue weighted by Gasteiger charge is -2.32. The molecule has 1 amide bonds. The quantitative estimate of drug-likeness (QED) is 0.590. The number of para-hydroxylation sites is 1. The van der Waals surface area contributed by atoms with E-state index in [1.54, 1.807) is 24.3 Å². The van der Waals surface area contributed by atoms with E-state index >= 15 is 0 Å². The van der Waals surface area contributed by atoms with Crippen molar-refractivity contribution in [2.24, 2.45) is 0 Å². The highest BCUT2D eigenvalue weighted by atomic mass is 35.5. The summed E-state index contributed by atoms with van der Waals surface area (Å²) in [7, 11) is 0. The Morgan fingerprint density at radius 1 is 1.21 bits per heavy atom. The van der Waals surface area contributed by atoms with Gasteiger partial charge < -0.3 is 5.32 Å². The molecule has 28 heavy (non-hydrogen) atoms. The second-order valence-corrected chi connectivity index (χ2v) is 8.43. The predicted molar refractivity (Wildman–Crippen MR) is 106 cm³/mol. The van der Waals surface area contributed by atoms with Crippen LogP contribution in [0.25, 0.3) is 0 Å². The molecule has 2 aromatic carbocycles. The molecule has 4 atom stereocenters. The van der Waals surface area contributed by atoms with Crippen molar-refractivity contribution in [1.29, 1.82) is 0 Å². The number of amides is 1. The fourth-order valence-corrected chi connectivity index (χ4v) is 6.05. The van der Waals surface area contributed by atoms with Gasteiger partial charge in [-0.05, 0) is 36.6 Å². The standard InChI is InChI=1S/C20H17Cl2N3O3/c21-11-7-8-12(14(22)10-11)17-16-6-3-9-24(16)20(18(17)25(27)28)13-4-1-2-5-15(13)23-19(20)26/h1-2,4-5,7-8,10,16-18H,3,6,9H2,(H,23,26)/t16-,17-,18+,20-/m0/s1. The Morgan fingerprint density at radius 2 is 2.00 bits per heavy atom. The SMILES string of the molecule is O=C1Nc2ccccc2[C@]12[C@H]([N+](=O)[O-])[C@@H](c1ccc(Cl)cc1Cl)[C@@H]1CCCN12. The van der Waals surface area contributed by atoms with Gasteiger partial charge in [-0.3, -0.25) is 19.8 Å². The van der Waals surface area contributed by atoms with E-state index in [1.165, 1.54) is 0 Å². The van der Waals surface area contributed by atoms with Crippen LogP contribution in [0.1, 0.15) is 29.9 Å². The number of anilines is 1. The average Bonchev–Trinajstić information content (AvgIpc) is 3.29. The van der Waals surface area contributed by atoms with Gasteiger partial charge in [-0.15, -0.1) is 0 Å². The van der Waals surface area contributed by atoms with Crippen LogP contribution in [-0.4, -0.2) is 34.4 Å². The van der Waals surface area contributed by atoms with Gasteiger partial charge in [-0.1, -0.05) is 47.5 Å². The Kier molecular flexibility index (Phi) is 3.95. The number of carbonyl (C=O) groups excluding carboxylic acids is 1. The van der Waals surface area contributed by atoms with Crippen molar-refractivity contribution in [2.75, 3.05) is 11.9 Å². The van der Waals surface area contributed by atoms with Crippen LogP contribution in [0, 0.1) is 10.1 Å². The van der Waals surface area contributed by atoms with Crippen molar-refractivity contribution in [3.8, 4) is 0 Å². The molecular formula is C20H17Cl2N3O3. The number of carbonyl (C=O) groups is 1. The molecule has 0 aliphatic carbocycles. The molecule has 144 valence electrons. The summed E-state index contributed by atoms with van der Waals surface area (Å²) in [5.74, 6) is -0.825. The molecule has 0 unspecified atom stereocenters. The fraction of sp³-hybridized carbons (Fsp3) is 0.350. The minimum atomic E-state index is -1.32. The maximum Gasteiger partial charge on any atom is 0.256 e. The number of rotatable bonds is 2. The van der Waals surface area contributed by atoms with E-state index in [-0.39, 0.29) is 16.9 Å². The number of halogens is 2. The third-order valence-electron chi connectivity index (χ3n) is 6.42. The van der Waals surface area contributed by atoms with E-state index in [0.717, 1.165) is 12.8 Å². The molecule has 1 spiro atoms. The van der Waals surface area contributed by atoms with E-state index in [9.17, 15) is 14.9 Å². The second kappa shape index (κ2) is 6.17. The lowest BCUT2D eigenvalue weighted by Crippen LogP contribution is -2.55. The maximum absolute atomic E-state index is 13.3. The van der Waals surface area contributed by atoms with Crippen LogP contribution >= 0.6 is 23.2 Å². The molecular weight excluding hydrogens is 401 g/mol. The smallest absolute Gasteiger partial charge is 0.256 e. The summed E-state index contributed by atoms with van der Waals surface area (Å²) in [6.07, 6.45) is 1.67. The van der Waals surface area contributed by atoms with Gasteiger partial charge in [-0.25, -0.2) is 0 Å². The molecule has 2 aromatic rings. The topological polar surface area (TPSA) is 75.5 Å². The number of hydrogen-bond donors (Lipinski definition) is 1. The molecule has 2 saturated heterocycles. The van der Waals surface area contributed by atoms with Gasteiger partial charge in [-0.2, -0.15) is 0 Å². The van der Waals surface area contributed by atoms with Crippen LogP contribution in [0.2, 0.25) is 10.0 Å². The summed E-state index contributed by atoms with van der Waals surface area (Å²) in [4.78, 5) is 27.5. The lowest BCUT2D eigenvalue weighted by molar-refractivity contribution is -0.534. The normalized spacial score (nSPS) is 31.1. The number of hydrogen-bond acceptors (Lipinski definition) is 4. The molecule has 3 heterocycles. The van der Waals surface area contributed by atoms with Crippen LogP contribution in [0.15, 0.2) is 42.5 Å². The zero-order chi connectivity index (χ0) is 19.6. The van der Waals surface area contributed by atoms with E-state index < -0.39 is 17.5 Å². The molecule has 1 N–H and O–H groups in total. The number of nitrogens with zero attached hydrogens (tertiary/aromatic N) is 2. The number of fused-ring (bicyclic) bond motifs is 4. The van der Waals surface area contributed by atoms with E-state index in [4.69, 9.17) is 23.2 Å². The predicted octanol–water partition coefficient (Wildman–Crippen LogP) is 4.05. The summed E-state index contributed by atoms with van der Waals surface area (Å²) >= 11 is 12.5. The Labute approximate surface area is 171 Å². The van der Waals surface area contributed by atoms with Crippen molar-refractivity contribution in [2.45, 2.75) is 36.4 Å². The Balaban J connectivity index is 1.77. The van der Waals surface area contributed by atoms with E-state index in [1.807, 2.05) is 23.1 Å².